The van der Waals surface area contributed by atoms with Gasteiger partial charge in [-0.25, -0.2) is 0 Å². The largest absolute Gasteiger partial charge is 0.462 e. The van der Waals surface area contributed by atoms with E-state index in [0.717, 1.165) is 116 Å². The van der Waals surface area contributed by atoms with Gasteiger partial charge in [0.2, 0.25) is 0 Å². The van der Waals surface area contributed by atoms with E-state index in [1.165, 1.54) is 173 Å². The molecule has 6 heteroatoms. The number of hydrogen-bond donors (Lipinski definition) is 0. The molecule has 0 heterocycles. The average molecular weight is 1130 g/mol. The van der Waals surface area contributed by atoms with Crippen molar-refractivity contribution in [2.24, 2.45) is 0 Å². The Bertz CT molecular complexity index is 1620. The van der Waals surface area contributed by atoms with Crippen LogP contribution < -0.4 is 0 Å². The van der Waals surface area contributed by atoms with Crippen LogP contribution in [0.4, 0.5) is 0 Å². The summed E-state index contributed by atoms with van der Waals surface area (Å²) in [6.07, 6.45) is 93.9. The van der Waals surface area contributed by atoms with Crippen molar-refractivity contribution in [1.29, 1.82) is 0 Å². The Kier molecular flexibility index (Phi) is 65.2. The van der Waals surface area contributed by atoms with Gasteiger partial charge in [0, 0.05) is 19.3 Å². The van der Waals surface area contributed by atoms with Crippen molar-refractivity contribution >= 4 is 17.9 Å². The lowest BCUT2D eigenvalue weighted by Gasteiger charge is -2.18. The van der Waals surface area contributed by atoms with Crippen LogP contribution in [0, 0.1) is 0 Å². The van der Waals surface area contributed by atoms with Crippen LogP contribution in [0.5, 0.6) is 0 Å². The fourth-order valence-electron chi connectivity index (χ4n) is 9.59. The molecule has 0 aromatic rings. The summed E-state index contributed by atoms with van der Waals surface area (Å²) in [6.45, 7) is 6.49. The zero-order valence-corrected chi connectivity index (χ0v) is 53.3. The maximum atomic E-state index is 12.9. The highest BCUT2D eigenvalue weighted by Crippen LogP contribution is 2.16. The zero-order chi connectivity index (χ0) is 58.5. The van der Waals surface area contributed by atoms with Crippen molar-refractivity contribution in [2.75, 3.05) is 13.2 Å². The molecular formula is C75H128O6. The van der Waals surface area contributed by atoms with Crippen LogP contribution >= 0.6 is 0 Å². The summed E-state index contributed by atoms with van der Waals surface area (Å²) in [5.74, 6) is -0.931. The van der Waals surface area contributed by atoms with Crippen LogP contribution in [0.2, 0.25) is 0 Å². The van der Waals surface area contributed by atoms with Crippen molar-refractivity contribution in [3.05, 3.63) is 109 Å². The van der Waals surface area contributed by atoms with Crippen LogP contribution in [0.3, 0.4) is 0 Å². The van der Waals surface area contributed by atoms with E-state index >= 15 is 0 Å². The fraction of sp³-hybridized carbons (Fsp3) is 0.720. The molecule has 0 fully saturated rings. The number of allylic oxidation sites excluding steroid dienone is 18. The number of carbonyl (C=O) groups excluding carboxylic acids is 3. The first kappa shape index (κ1) is 77.1. The van der Waals surface area contributed by atoms with Gasteiger partial charge in [-0.05, 0) is 128 Å². The number of hydrogen-bond acceptors (Lipinski definition) is 6. The van der Waals surface area contributed by atoms with E-state index in [1.807, 2.05) is 0 Å². The molecule has 1 unspecified atom stereocenters. The molecule has 1 atom stereocenters. The highest BCUT2D eigenvalue weighted by Gasteiger charge is 2.19. The number of carbonyl (C=O) groups is 3. The molecule has 81 heavy (non-hydrogen) atoms. The summed E-state index contributed by atoms with van der Waals surface area (Å²) in [4.78, 5) is 38.4. The first-order valence-electron chi connectivity index (χ1n) is 34.4. The molecule has 0 aliphatic carbocycles. The predicted octanol–water partition coefficient (Wildman–Crippen LogP) is 23.8. The molecule has 0 aromatic carbocycles. The summed E-state index contributed by atoms with van der Waals surface area (Å²) in [5.41, 5.74) is 0. The second kappa shape index (κ2) is 68.6. The van der Waals surface area contributed by atoms with Gasteiger partial charge in [-0.15, -0.1) is 0 Å². The summed E-state index contributed by atoms with van der Waals surface area (Å²) >= 11 is 0. The van der Waals surface area contributed by atoms with E-state index in [2.05, 4.69) is 130 Å². The monoisotopic (exact) mass is 1120 g/mol. The van der Waals surface area contributed by atoms with Crippen LogP contribution in [-0.2, 0) is 28.6 Å². The lowest BCUT2D eigenvalue weighted by Crippen LogP contribution is -2.30. The van der Waals surface area contributed by atoms with E-state index in [-0.39, 0.29) is 37.5 Å². The lowest BCUT2D eigenvalue weighted by atomic mass is 10.0. The Morgan fingerprint density at radius 2 is 0.481 bits per heavy atom. The van der Waals surface area contributed by atoms with Gasteiger partial charge < -0.3 is 14.2 Å². The number of unbranched alkanes of at least 4 members (excludes halogenated alkanes) is 33. The van der Waals surface area contributed by atoms with Gasteiger partial charge in [-0.2, -0.15) is 0 Å². The van der Waals surface area contributed by atoms with E-state index in [4.69, 9.17) is 14.2 Å². The van der Waals surface area contributed by atoms with Gasteiger partial charge >= 0.3 is 17.9 Å². The highest BCUT2D eigenvalue weighted by molar-refractivity contribution is 5.71. The van der Waals surface area contributed by atoms with Gasteiger partial charge in [0.05, 0.1) is 0 Å². The molecule has 0 aliphatic rings. The molecule has 0 spiro atoms. The van der Waals surface area contributed by atoms with E-state index in [1.54, 1.807) is 0 Å². The minimum Gasteiger partial charge on any atom is -0.462 e. The van der Waals surface area contributed by atoms with E-state index < -0.39 is 6.10 Å². The Hall–Kier alpha value is -3.93. The van der Waals surface area contributed by atoms with Gasteiger partial charge in [-0.1, -0.05) is 291 Å². The smallest absolute Gasteiger partial charge is 0.306 e. The molecule has 0 aliphatic heterocycles. The van der Waals surface area contributed by atoms with E-state index in [9.17, 15) is 14.4 Å². The third-order valence-corrected chi connectivity index (χ3v) is 14.7. The molecule has 0 bridgehead atoms. The summed E-state index contributed by atoms with van der Waals surface area (Å²) in [6, 6.07) is 0. The summed E-state index contributed by atoms with van der Waals surface area (Å²) in [7, 11) is 0. The normalized spacial score (nSPS) is 12.8. The van der Waals surface area contributed by atoms with Crippen molar-refractivity contribution in [1.82, 2.24) is 0 Å². The molecule has 0 aromatic heterocycles. The van der Waals surface area contributed by atoms with Crippen molar-refractivity contribution in [3.8, 4) is 0 Å². The molecule has 0 radical (unpaired) electrons. The topological polar surface area (TPSA) is 78.9 Å². The van der Waals surface area contributed by atoms with Crippen LogP contribution in [0.1, 0.15) is 329 Å². The molecule has 464 valence electrons. The molecule has 0 N–H and O–H groups in total. The molecule has 0 amide bonds. The maximum Gasteiger partial charge on any atom is 0.306 e. The van der Waals surface area contributed by atoms with Crippen LogP contribution in [-0.4, -0.2) is 37.2 Å². The predicted molar refractivity (Wildman–Crippen MR) is 353 cm³/mol. The van der Waals surface area contributed by atoms with Gasteiger partial charge in [0.1, 0.15) is 13.2 Å². The van der Waals surface area contributed by atoms with Gasteiger partial charge in [0.25, 0.3) is 0 Å². The Morgan fingerprint density at radius 1 is 0.259 bits per heavy atom. The Morgan fingerprint density at radius 3 is 0.802 bits per heavy atom. The quantitative estimate of drug-likeness (QED) is 0.0261. The first-order valence-corrected chi connectivity index (χ1v) is 34.4. The number of esters is 3. The van der Waals surface area contributed by atoms with Gasteiger partial charge in [-0.3, -0.25) is 14.4 Å². The average Bonchev–Trinajstić information content (AvgIpc) is 3.47. The molecule has 6 nitrogen and oxygen atoms in total. The standard InChI is InChI=1S/C75H128O6/c1-4-7-10-13-16-19-22-25-28-31-34-35-36-37-38-39-42-44-47-50-53-56-59-62-65-68-74(77)80-71-72(81-75(78)69-66-63-60-57-54-51-48-45-41-33-30-27-24-21-18-15-12-9-6-3)70-79-73(76)67-64-61-58-55-52-49-46-43-40-32-29-26-23-20-17-14-11-8-5-2/h9,12,17-18,20-21,26-27,29-31,34,40-41,43,45,51,54,72H,4-8,10-11,13-16,19,22-25,28,32-33,35-39,42,44,46-50,52-53,55-71H2,1-3H3/b12-9-,20-17-,21-18-,29-26-,30-27-,34-31-,43-40-,45-41-,54-51-. The van der Waals surface area contributed by atoms with Crippen molar-refractivity contribution in [2.45, 2.75) is 335 Å². The third-order valence-electron chi connectivity index (χ3n) is 14.7. The second-order valence-corrected chi connectivity index (χ2v) is 22.7. The third kappa shape index (κ3) is 66.8. The zero-order valence-electron chi connectivity index (χ0n) is 53.3. The SMILES string of the molecule is CC/C=C\C/C=C\C/C=C\C/C=C\C/C=C\CCCCCC(=O)OC(COC(=O)CCCCCCCC/C=C\C/C=C\C/C=C\CCCCC)COC(=O)CCCCCCCCCCCCCCC/C=C\CCCCCCCCCC. The maximum absolute atomic E-state index is 12.9. The van der Waals surface area contributed by atoms with Crippen LogP contribution in [0.25, 0.3) is 0 Å². The lowest BCUT2D eigenvalue weighted by molar-refractivity contribution is -0.167. The highest BCUT2D eigenvalue weighted by atomic mass is 16.6. The Labute approximate surface area is 501 Å². The number of rotatable bonds is 62. The molecule has 0 rings (SSSR count). The molecule has 0 saturated carbocycles. The van der Waals surface area contributed by atoms with E-state index in [0.29, 0.717) is 12.8 Å². The minimum absolute atomic E-state index is 0.0958. The summed E-state index contributed by atoms with van der Waals surface area (Å²) < 4.78 is 16.9. The van der Waals surface area contributed by atoms with Crippen molar-refractivity contribution in [3.63, 3.8) is 0 Å². The minimum atomic E-state index is -0.805. The van der Waals surface area contributed by atoms with Crippen molar-refractivity contribution < 1.29 is 28.6 Å². The second-order valence-electron chi connectivity index (χ2n) is 22.7. The first-order chi connectivity index (χ1) is 40.0. The number of ether oxygens (including phenoxy) is 3. The molecular weight excluding hydrogens is 997 g/mol. The Balaban J connectivity index is 4.41. The summed E-state index contributed by atoms with van der Waals surface area (Å²) in [5, 5.41) is 0. The fourth-order valence-corrected chi connectivity index (χ4v) is 9.59. The van der Waals surface area contributed by atoms with Crippen LogP contribution in [0.15, 0.2) is 109 Å². The molecule has 0 saturated heterocycles. The van der Waals surface area contributed by atoms with Gasteiger partial charge in [0.15, 0.2) is 6.10 Å².